The van der Waals surface area contributed by atoms with Crippen LogP contribution in [0, 0.1) is 0 Å². The van der Waals surface area contributed by atoms with Gasteiger partial charge in [0, 0.05) is 28.5 Å². The van der Waals surface area contributed by atoms with Crippen LogP contribution in [-0.4, -0.2) is 22.5 Å². The molecule has 2 aromatic carbocycles. The van der Waals surface area contributed by atoms with Crippen molar-refractivity contribution in [1.82, 2.24) is 9.97 Å². The van der Waals surface area contributed by atoms with E-state index in [2.05, 4.69) is 15.3 Å². The maximum absolute atomic E-state index is 10.5. The van der Waals surface area contributed by atoms with Gasteiger partial charge in [-0.1, -0.05) is 23.7 Å². The van der Waals surface area contributed by atoms with Crippen molar-refractivity contribution in [2.75, 3.05) is 11.9 Å². The average Bonchev–Trinajstić information content (AvgIpc) is 2.59. The number of rotatable bonds is 6. The van der Waals surface area contributed by atoms with Crippen LogP contribution < -0.4 is 10.4 Å². The standard InChI is InChI=1S/C18H16ClN3O2/c19-13-9-7-12(8-10-13)17-21-15-5-2-1-4-14(15)18(22-17)20-11-3-6-16(23)24/h1-2,4-5,7-10H,3,6,11H2,(H,23,24)(H,20,21,22)/p-1. The molecule has 0 bridgehead atoms. The van der Waals surface area contributed by atoms with Crippen LogP contribution in [-0.2, 0) is 4.79 Å². The first kappa shape index (κ1) is 16.2. The minimum absolute atomic E-state index is 0.0139. The van der Waals surface area contributed by atoms with Crippen LogP contribution in [0.4, 0.5) is 5.82 Å². The van der Waals surface area contributed by atoms with Gasteiger partial charge in [-0.2, -0.15) is 0 Å². The lowest BCUT2D eigenvalue weighted by atomic mass is 10.2. The van der Waals surface area contributed by atoms with Crippen LogP contribution in [0.25, 0.3) is 22.3 Å². The number of carbonyl (C=O) groups is 1. The number of carboxylic acid groups (broad SMARTS) is 1. The molecule has 0 aliphatic heterocycles. The zero-order valence-corrected chi connectivity index (χ0v) is 13.6. The molecule has 1 N–H and O–H groups in total. The van der Waals surface area contributed by atoms with Crippen LogP contribution in [0.5, 0.6) is 0 Å². The van der Waals surface area contributed by atoms with E-state index in [1.54, 1.807) is 12.1 Å². The van der Waals surface area contributed by atoms with Gasteiger partial charge in [-0.25, -0.2) is 9.97 Å². The molecular formula is C18H15ClN3O2-. The maximum atomic E-state index is 10.5. The molecule has 3 rings (SSSR count). The van der Waals surface area contributed by atoms with Gasteiger partial charge >= 0.3 is 0 Å². The number of hydrogen-bond donors (Lipinski definition) is 1. The summed E-state index contributed by atoms with van der Waals surface area (Å²) in [6.45, 7) is 0.495. The van der Waals surface area contributed by atoms with E-state index in [0.29, 0.717) is 29.6 Å². The maximum Gasteiger partial charge on any atom is 0.162 e. The zero-order chi connectivity index (χ0) is 16.9. The van der Waals surface area contributed by atoms with Gasteiger partial charge in [0.05, 0.1) is 5.52 Å². The van der Waals surface area contributed by atoms with Crippen molar-refractivity contribution in [3.05, 3.63) is 53.6 Å². The van der Waals surface area contributed by atoms with E-state index in [-0.39, 0.29) is 6.42 Å². The number of benzene rings is 2. The van der Waals surface area contributed by atoms with Gasteiger partial charge in [-0.3, -0.25) is 0 Å². The number of aromatic nitrogens is 2. The molecule has 0 unspecified atom stereocenters. The first-order chi connectivity index (χ1) is 11.6. The Balaban J connectivity index is 1.93. The lowest BCUT2D eigenvalue weighted by molar-refractivity contribution is -0.305. The second-order valence-electron chi connectivity index (χ2n) is 5.32. The number of nitrogens with zero attached hydrogens (tertiary/aromatic N) is 2. The number of nitrogens with one attached hydrogen (secondary N) is 1. The van der Waals surface area contributed by atoms with Crippen molar-refractivity contribution >= 4 is 34.3 Å². The average molecular weight is 341 g/mol. The van der Waals surface area contributed by atoms with Crippen molar-refractivity contribution in [2.24, 2.45) is 0 Å². The quantitative estimate of drug-likeness (QED) is 0.698. The van der Waals surface area contributed by atoms with Gasteiger partial charge in [0.2, 0.25) is 0 Å². The normalized spacial score (nSPS) is 10.7. The predicted octanol–water partition coefficient (Wildman–Crippen LogP) is 2.89. The molecule has 24 heavy (non-hydrogen) atoms. The van der Waals surface area contributed by atoms with Gasteiger partial charge in [-0.05, 0) is 49.2 Å². The Morgan fingerprint density at radius 3 is 2.58 bits per heavy atom. The van der Waals surface area contributed by atoms with Gasteiger partial charge < -0.3 is 15.2 Å². The van der Waals surface area contributed by atoms with Crippen molar-refractivity contribution in [2.45, 2.75) is 12.8 Å². The molecule has 0 saturated carbocycles. The summed E-state index contributed by atoms with van der Waals surface area (Å²) in [5.41, 5.74) is 1.68. The SMILES string of the molecule is O=C([O-])CCCNc1nc(-c2ccc(Cl)cc2)nc2ccccc12. The highest BCUT2D eigenvalue weighted by atomic mass is 35.5. The summed E-state index contributed by atoms with van der Waals surface area (Å²) in [4.78, 5) is 19.7. The summed E-state index contributed by atoms with van der Waals surface area (Å²) in [6.07, 6.45) is 0.483. The van der Waals surface area contributed by atoms with E-state index in [1.807, 2.05) is 36.4 Å². The van der Waals surface area contributed by atoms with Crippen LogP contribution in [0.1, 0.15) is 12.8 Å². The van der Waals surface area contributed by atoms with Gasteiger partial charge in [-0.15, -0.1) is 0 Å². The molecule has 1 heterocycles. The van der Waals surface area contributed by atoms with Crippen LogP contribution in [0.3, 0.4) is 0 Å². The molecule has 0 aliphatic carbocycles. The smallest absolute Gasteiger partial charge is 0.162 e. The molecule has 3 aromatic rings. The largest absolute Gasteiger partial charge is 0.550 e. The number of fused-ring (bicyclic) bond motifs is 1. The van der Waals surface area contributed by atoms with Gasteiger partial charge in [0.25, 0.3) is 0 Å². The van der Waals surface area contributed by atoms with Crippen molar-refractivity contribution in [3.8, 4) is 11.4 Å². The topological polar surface area (TPSA) is 77.9 Å². The molecule has 0 amide bonds. The van der Waals surface area contributed by atoms with Crippen molar-refractivity contribution in [1.29, 1.82) is 0 Å². The number of hydrogen-bond acceptors (Lipinski definition) is 5. The van der Waals surface area contributed by atoms with Crippen LogP contribution in [0.2, 0.25) is 5.02 Å². The molecule has 5 nitrogen and oxygen atoms in total. The number of anilines is 1. The monoisotopic (exact) mass is 340 g/mol. The third-order valence-corrected chi connectivity index (χ3v) is 3.81. The number of para-hydroxylation sites is 1. The zero-order valence-electron chi connectivity index (χ0n) is 12.8. The summed E-state index contributed by atoms with van der Waals surface area (Å²) < 4.78 is 0. The summed E-state index contributed by atoms with van der Waals surface area (Å²) in [5, 5.41) is 15.3. The van der Waals surface area contributed by atoms with E-state index < -0.39 is 5.97 Å². The minimum Gasteiger partial charge on any atom is -0.550 e. The number of carbonyl (C=O) groups excluding carboxylic acids is 1. The Hall–Kier alpha value is -2.66. The fourth-order valence-electron chi connectivity index (χ4n) is 2.38. The van der Waals surface area contributed by atoms with E-state index in [9.17, 15) is 9.90 Å². The highest BCUT2D eigenvalue weighted by Gasteiger charge is 2.09. The molecular weight excluding hydrogens is 326 g/mol. The summed E-state index contributed by atoms with van der Waals surface area (Å²) in [6, 6.07) is 15.0. The highest BCUT2D eigenvalue weighted by Crippen LogP contribution is 2.25. The van der Waals surface area contributed by atoms with E-state index in [1.165, 1.54) is 0 Å². The molecule has 0 aliphatic rings. The Labute approximate surface area is 144 Å². The lowest BCUT2D eigenvalue weighted by Gasteiger charge is -2.11. The van der Waals surface area contributed by atoms with E-state index in [4.69, 9.17) is 11.6 Å². The summed E-state index contributed by atoms with van der Waals surface area (Å²) >= 11 is 5.93. The fourth-order valence-corrected chi connectivity index (χ4v) is 2.50. The predicted molar refractivity (Wildman–Crippen MR) is 92.7 cm³/mol. The first-order valence-corrected chi connectivity index (χ1v) is 7.98. The molecule has 0 fully saturated rings. The van der Waals surface area contributed by atoms with Crippen molar-refractivity contribution < 1.29 is 9.90 Å². The minimum atomic E-state index is -1.05. The molecule has 0 atom stereocenters. The Bertz CT molecular complexity index is 866. The van der Waals surface area contributed by atoms with E-state index >= 15 is 0 Å². The number of halogens is 1. The molecule has 0 saturated heterocycles. The third kappa shape index (κ3) is 3.81. The second kappa shape index (κ2) is 7.27. The molecule has 1 aromatic heterocycles. The van der Waals surface area contributed by atoms with Gasteiger partial charge in [0.1, 0.15) is 5.82 Å². The summed E-state index contributed by atoms with van der Waals surface area (Å²) in [5.74, 6) is 0.225. The van der Waals surface area contributed by atoms with E-state index in [0.717, 1.165) is 16.5 Å². The number of aliphatic carboxylic acids is 1. The highest BCUT2D eigenvalue weighted by molar-refractivity contribution is 6.30. The molecule has 122 valence electrons. The Morgan fingerprint density at radius 1 is 1.08 bits per heavy atom. The lowest BCUT2D eigenvalue weighted by Crippen LogP contribution is -2.22. The van der Waals surface area contributed by atoms with Crippen molar-refractivity contribution in [3.63, 3.8) is 0 Å². The third-order valence-electron chi connectivity index (χ3n) is 3.56. The first-order valence-electron chi connectivity index (χ1n) is 7.60. The molecule has 0 radical (unpaired) electrons. The second-order valence-corrected chi connectivity index (χ2v) is 5.76. The summed E-state index contributed by atoms with van der Waals surface area (Å²) in [7, 11) is 0. The molecule has 6 heteroatoms. The van der Waals surface area contributed by atoms with Crippen LogP contribution in [0.15, 0.2) is 48.5 Å². The Kier molecular flexibility index (Phi) is 4.91. The number of carboxylic acids is 1. The fraction of sp³-hybridized carbons (Fsp3) is 0.167. The van der Waals surface area contributed by atoms with Crippen LogP contribution >= 0.6 is 11.6 Å². The molecule has 0 spiro atoms. The van der Waals surface area contributed by atoms with Gasteiger partial charge in [0.15, 0.2) is 5.82 Å². The Morgan fingerprint density at radius 2 is 1.83 bits per heavy atom.